The summed E-state index contributed by atoms with van der Waals surface area (Å²) in [5.74, 6) is -1.49. The number of hydrogen-bond acceptors (Lipinski definition) is 15. The van der Waals surface area contributed by atoms with Gasteiger partial charge < -0.3 is 33.8 Å². The molecule has 19 heteroatoms. The zero-order chi connectivity index (χ0) is 67.7. The first-order chi connectivity index (χ1) is 44.5. The standard InChI is InChI=1S/C73H138O17P2/c1-6-9-12-15-18-20-22-24-26-27-28-29-30-31-33-35-37-39-42-48-53-58-72(77)89-68(63-84-71(76)57-52-47-41-38-36-34-32-25-23-21-19-16-13-10-7-2)64-87-91(79,80)85-60-67(74)61-86-92(81,82)88-65-69(62-83-70(75)56-51-46-40-17-14-11-8-3)90-73(78)59-54-49-44-43-45-50-55-66(4)5/h21,23,25,32,66-69,74H,6-20,22,24,26-31,33-65H2,1-5H3,(H,79,80)(H,81,82)/b23-21-,32-25-/t67-,68-,69-/m1/s1. The number of rotatable bonds is 71. The van der Waals surface area contributed by atoms with Crippen molar-refractivity contribution in [2.45, 2.75) is 374 Å². The van der Waals surface area contributed by atoms with Crippen molar-refractivity contribution in [3.05, 3.63) is 24.3 Å². The topological polar surface area (TPSA) is 237 Å². The predicted octanol–water partition coefficient (Wildman–Crippen LogP) is 20.9. The van der Waals surface area contributed by atoms with E-state index in [0.29, 0.717) is 31.6 Å². The van der Waals surface area contributed by atoms with Crippen LogP contribution in [0, 0.1) is 5.92 Å². The van der Waals surface area contributed by atoms with Crippen LogP contribution < -0.4 is 0 Å². The molecule has 0 aliphatic heterocycles. The van der Waals surface area contributed by atoms with Gasteiger partial charge in [0.15, 0.2) is 12.2 Å². The molecule has 0 amide bonds. The van der Waals surface area contributed by atoms with E-state index >= 15 is 0 Å². The first-order valence-corrected chi connectivity index (χ1v) is 40.4. The minimum atomic E-state index is -4.96. The fourth-order valence-corrected chi connectivity index (χ4v) is 12.2. The van der Waals surface area contributed by atoms with Crippen molar-refractivity contribution in [1.29, 1.82) is 0 Å². The Morgan fingerprint density at radius 1 is 0.337 bits per heavy atom. The van der Waals surface area contributed by atoms with Crippen molar-refractivity contribution in [3.63, 3.8) is 0 Å². The lowest BCUT2D eigenvalue weighted by atomic mass is 10.0. The first kappa shape index (κ1) is 89.5. The summed E-state index contributed by atoms with van der Waals surface area (Å²) in [6.45, 7) is 7.05. The van der Waals surface area contributed by atoms with E-state index in [1.165, 1.54) is 148 Å². The Labute approximate surface area is 561 Å². The number of aliphatic hydroxyl groups excluding tert-OH is 1. The Morgan fingerprint density at radius 3 is 0.891 bits per heavy atom. The molecule has 0 radical (unpaired) electrons. The average molecular weight is 1350 g/mol. The van der Waals surface area contributed by atoms with Crippen LogP contribution >= 0.6 is 15.6 Å². The number of unbranched alkanes of at least 4 members (excludes halogenated alkanes) is 40. The molecule has 0 aliphatic carbocycles. The van der Waals surface area contributed by atoms with Crippen LogP contribution in [0.2, 0.25) is 0 Å². The van der Waals surface area contributed by atoms with Gasteiger partial charge in [-0.05, 0) is 57.3 Å². The average Bonchev–Trinajstić information content (AvgIpc) is 2.32. The molecule has 0 aromatic rings. The van der Waals surface area contributed by atoms with Crippen LogP contribution in [-0.2, 0) is 65.4 Å². The molecule has 0 fully saturated rings. The van der Waals surface area contributed by atoms with Crippen LogP contribution in [0.15, 0.2) is 24.3 Å². The molecule has 0 saturated heterocycles. The van der Waals surface area contributed by atoms with Gasteiger partial charge in [-0.25, -0.2) is 9.13 Å². The second kappa shape index (κ2) is 65.8. The molecule has 0 bridgehead atoms. The maximum atomic E-state index is 13.1. The highest BCUT2D eigenvalue weighted by molar-refractivity contribution is 7.47. The number of ether oxygens (including phenoxy) is 4. The lowest BCUT2D eigenvalue weighted by molar-refractivity contribution is -0.161. The quantitative estimate of drug-likeness (QED) is 0.0169. The van der Waals surface area contributed by atoms with E-state index in [0.717, 1.165) is 122 Å². The Morgan fingerprint density at radius 2 is 0.587 bits per heavy atom. The van der Waals surface area contributed by atoms with Crippen molar-refractivity contribution in [3.8, 4) is 0 Å². The van der Waals surface area contributed by atoms with Gasteiger partial charge in [-0.1, -0.05) is 303 Å². The minimum Gasteiger partial charge on any atom is -0.462 e. The smallest absolute Gasteiger partial charge is 0.462 e. The second-order valence-electron chi connectivity index (χ2n) is 26.1. The van der Waals surface area contributed by atoms with Gasteiger partial charge in [0.2, 0.25) is 0 Å². The van der Waals surface area contributed by atoms with E-state index < -0.39 is 97.5 Å². The predicted molar refractivity (Wildman–Crippen MR) is 372 cm³/mol. The number of phosphoric ester groups is 2. The molecule has 0 aromatic carbocycles. The first-order valence-electron chi connectivity index (χ1n) is 37.5. The van der Waals surface area contributed by atoms with Gasteiger partial charge in [-0.15, -0.1) is 0 Å². The van der Waals surface area contributed by atoms with Crippen molar-refractivity contribution in [2.75, 3.05) is 39.6 Å². The van der Waals surface area contributed by atoms with E-state index in [1.54, 1.807) is 0 Å². The van der Waals surface area contributed by atoms with E-state index in [1.807, 2.05) is 0 Å². The summed E-state index contributed by atoms with van der Waals surface area (Å²) in [6.07, 6.45) is 56.8. The fourth-order valence-electron chi connectivity index (χ4n) is 10.6. The van der Waals surface area contributed by atoms with E-state index in [4.69, 9.17) is 37.0 Å². The van der Waals surface area contributed by atoms with Gasteiger partial charge in [0.25, 0.3) is 0 Å². The normalized spacial score (nSPS) is 14.2. The molecule has 0 aromatic heterocycles. The molecule has 0 spiro atoms. The summed E-state index contributed by atoms with van der Waals surface area (Å²) in [5, 5.41) is 10.6. The number of aliphatic hydroxyl groups is 1. The number of carbonyl (C=O) groups excluding carboxylic acids is 4. The fraction of sp³-hybridized carbons (Fsp3) is 0.890. The summed E-state index contributed by atoms with van der Waals surface area (Å²) < 4.78 is 68.1. The van der Waals surface area contributed by atoms with Gasteiger partial charge in [-0.2, -0.15) is 0 Å². The molecular weight excluding hydrogens is 1210 g/mol. The molecule has 5 atom stereocenters. The highest BCUT2D eigenvalue weighted by atomic mass is 31.2. The third-order valence-corrected chi connectivity index (χ3v) is 18.3. The Balaban J connectivity index is 5.18. The van der Waals surface area contributed by atoms with E-state index in [9.17, 15) is 43.2 Å². The van der Waals surface area contributed by atoms with Crippen LogP contribution in [0.25, 0.3) is 0 Å². The Hall–Kier alpha value is -2.46. The van der Waals surface area contributed by atoms with Crippen molar-refractivity contribution in [1.82, 2.24) is 0 Å². The van der Waals surface area contributed by atoms with E-state index in [2.05, 4.69) is 58.9 Å². The lowest BCUT2D eigenvalue weighted by Gasteiger charge is -2.21. The Bertz CT molecular complexity index is 1860. The molecular formula is C73H138O17P2. The largest absolute Gasteiger partial charge is 0.472 e. The maximum absolute atomic E-state index is 13.1. The number of esters is 4. The molecule has 92 heavy (non-hydrogen) atoms. The third kappa shape index (κ3) is 66.2. The van der Waals surface area contributed by atoms with Gasteiger partial charge >= 0.3 is 39.5 Å². The van der Waals surface area contributed by atoms with Gasteiger partial charge in [0.1, 0.15) is 19.3 Å². The van der Waals surface area contributed by atoms with Gasteiger partial charge in [0, 0.05) is 25.7 Å². The van der Waals surface area contributed by atoms with Crippen molar-refractivity contribution >= 4 is 39.5 Å². The summed E-state index contributed by atoms with van der Waals surface area (Å²) in [7, 11) is -9.91. The molecule has 17 nitrogen and oxygen atoms in total. The monoisotopic (exact) mass is 1350 g/mol. The number of phosphoric acid groups is 2. The zero-order valence-corrected chi connectivity index (χ0v) is 61.0. The molecule has 0 aliphatic rings. The molecule has 3 N–H and O–H groups in total. The van der Waals surface area contributed by atoms with Crippen LogP contribution in [0.3, 0.4) is 0 Å². The second-order valence-corrected chi connectivity index (χ2v) is 29.0. The highest BCUT2D eigenvalue weighted by Gasteiger charge is 2.30. The summed E-state index contributed by atoms with van der Waals surface area (Å²) >= 11 is 0. The maximum Gasteiger partial charge on any atom is 0.472 e. The SMILES string of the molecule is CCCCCC/C=C\C=C/CCCCCCCC(=O)OC[C@H](COP(=O)(O)OC[C@@H](O)COP(=O)(O)OC[C@@H](COC(=O)CCCCCCCCC)OC(=O)CCCCCCCCC(C)C)OC(=O)CCCCCCCCCCCCCCCCCCCCCCC. The van der Waals surface area contributed by atoms with Crippen LogP contribution in [0.1, 0.15) is 356 Å². The number of carbonyl (C=O) groups is 4. The van der Waals surface area contributed by atoms with Crippen LogP contribution in [0.4, 0.5) is 0 Å². The van der Waals surface area contributed by atoms with Crippen molar-refractivity contribution in [2.24, 2.45) is 5.92 Å². The molecule has 0 heterocycles. The molecule has 542 valence electrons. The van der Waals surface area contributed by atoms with Crippen LogP contribution in [0.5, 0.6) is 0 Å². The number of allylic oxidation sites excluding steroid dienone is 4. The summed E-state index contributed by atoms with van der Waals surface area (Å²) in [5.41, 5.74) is 0. The number of hydrogen-bond donors (Lipinski definition) is 3. The molecule has 0 rings (SSSR count). The third-order valence-electron chi connectivity index (χ3n) is 16.4. The van der Waals surface area contributed by atoms with Crippen LogP contribution in [-0.4, -0.2) is 96.7 Å². The molecule has 0 saturated carbocycles. The Kier molecular flexibility index (Phi) is 64.0. The van der Waals surface area contributed by atoms with E-state index in [-0.39, 0.29) is 25.7 Å². The van der Waals surface area contributed by atoms with Gasteiger partial charge in [-0.3, -0.25) is 37.3 Å². The summed E-state index contributed by atoms with van der Waals surface area (Å²) in [4.78, 5) is 72.4. The van der Waals surface area contributed by atoms with Gasteiger partial charge in [0.05, 0.1) is 26.4 Å². The lowest BCUT2D eigenvalue weighted by Crippen LogP contribution is -2.30. The highest BCUT2D eigenvalue weighted by Crippen LogP contribution is 2.45. The summed E-state index contributed by atoms with van der Waals surface area (Å²) in [6, 6.07) is 0. The van der Waals surface area contributed by atoms with Crippen molar-refractivity contribution < 1.29 is 80.2 Å². The molecule has 2 unspecified atom stereocenters. The zero-order valence-electron chi connectivity index (χ0n) is 59.2. The minimum absolute atomic E-state index is 0.0997.